The average Bonchev–Trinajstić information content (AvgIpc) is 3.29. The number of amides is 1. The summed E-state index contributed by atoms with van der Waals surface area (Å²) in [6.45, 7) is 4.26. The lowest BCUT2D eigenvalue weighted by Crippen LogP contribution is -2.48. The van der Waals surface area contributed by atoms with E-state index in [1.165, 1.54) is 5.56 Å². The van der Waals surface area contributed by atoms with Gasteiger partial charge in [-0.1, -0.05) is 59.2 Å². The Morgan fingerprint density at radius 2 is 1.78 bits per heavy atom. The van der Waals surface area contributed by atoms with Gasteiger partial charge in [0.15, 0.2) is 0 Å². The summed E-state index contributed by atoms with van der Waals surface area (Å²) in [5.74, 6) is 1.29. The second kappa shape index (κ2) is 11.1. The van der Waals surface area contributed by atoms with Crippen molar-refractivity contribution in [3.05, 3.63) is 77.2 Å². The van der Waals surface area contributed by atoms with Crippen LogP contribution in [0, 0.1) is 0 Å². The highest BCUT2D eigenvalue weighted by Crippen LogP contribution is 2.19. The van der Waals surface area contributed by atoms with E-state index < -0.39 is 0 Å². The molecule has 2 heterocycles. The third-order valence-corrected chi connectivity index (χ3v) is 5.80. The van der Waals surface area contributed by atoms with E-state index in [0.717, 1.165) is 38.3 Å². The number of hydrogen-bond acceptors (Lipinski definition) is 5. The van der Waals surface area contributed by atoms with Crippen LogP contribution >= 0.6 is 11.6 Å². The van der Waals surface area contributed by atoms with Gasteiger partial charge in [0.05, 0.1) is 0 Å². The van der Waals surface area contributed by atoms with Gasteiger partial charge in [0.1, 0.15) is 0 Å². The van der Waals surface area contributed by atoms with Gasteiger partial charge in [-0.15, -0.1) is 0 Å². The minimum absolute atomic E-state index is 0.196. The monoisotopic (exact) mass is 450 g/mol. The molecule has 6 nitrogen and oxygen atoms in total. The van der Waals surface area contributed by atoms with Crippen molar-refractivity contribution in [2.45, 2.75) is 19.3 Å². The fourth-order valence-electron chi connectivity index (χ4n) is 3.70. The largest absolute Gasteiger partial charge is 0.340 e. The predicted octanol–water partition coefficient (Wildman–Crippen LogP) is 4.57. The number of aryl methyl sites for hydroxylation is 1. The summed E-state index contributed by atoms with van der Waals surface area (Å²) in [6, 6.07) is 17.6. The Hall–Kier alpha value is -2.96. The Balaban J connectivity index is 1.16. The highest BCUT2D eigenvalue weighted by molar-refractivity contribution is 6.30. The second-order valence-corrected chi connectivity index (χ2v) is 8.30. The standard InChI is InChI=1S/C25H27ClN4O2/c26-22-13-11-21(12-14-22)25-27-23(32-28-25)9-4-10-24(31)30-18-16-29(17-19-30)15-5-8-20-6-2-1-3-7-20/h1-3,5-8,11-14H,4,9-10,15-19H2/b8-5+. The van der Waals surface area contributed by atoms with E-state index in [1.807, 2.05) is 35.2 Å². The van der Waals surface area contributed by atoms with E-state index in [0.29, 0.717) is 36.0 Å². The van der Waals surface area contributed by atoms with Gasteiger partial charge in [0.2, 0.25) is 17.6 Å². The molecule has 166 valence electrons. The molecule has 3 aromatic rings. The molecule has 1 aliphatic heterocycles. The quantitative estimate of drug-likeness (QED) is 0.503. The molecular formula is C25H27ClN4O2. The zero-order valence-electron chi connectivity index (χ0n) is 18.0. The normalized spacial score (nSPS) is 14.8. The fraction of sp³-hybridized carbons (Fsp3) is 0.320. The van der Waals surface area contributed by atoms with Crippen LogP contribution in [-0.4, -0.2) is 58.6 Å². The number of nitrogens with zero attached hydrogens (tertiary/aromatic N) is 4. The van der Waals surface area contributed by atoms with Gasteiger partial charge in [-0.05, 0) is 36.2 Å². The summed E-state index contributed by atoms with van der Waals surface area (Å²) in [5, 5.41) is 4.69. The molecular weight excluding hydrogens is 424 g/mol. The molecule has 0 bridgehead atoms. The van der Waals surface area contributed by atoms with Crippen LogP contribution in [0.1, 0.15) is 24.3 Å². The molecule has 0 unspecified atom stereocenters. The molecule has 0 N–H and O–H groups in total. The van der Waals surface area contributed by atoms with Gasteiger partial charge >= 0.3 is 0 Å². The van der Waals surface area contributed by atoms with Crippen molar-refractivity contribution < 1.29 is 9.32 Å². The van der Waals surface area contributed by atoms with Crippen molar-refractivity contribution in [3.63, 3.8) is 0 Å². The third kappa shape index (κ3) is 6.28. The molecule has 0 radical (unpaired) electrons. The highest BCUT2D eigenvalue weighted by Gasteiger charge is 2.20. The molecule has 1 amide bonds. The zero-order chi connectivity index (χ0) is 22.2. The molecule has 1 aromatic heterocycles. The summed E-state index contributed by atoms with van der Waals surface area (Å²) in [7, 11) is 0. The van der Waals surface area contributed by atoms with Crippen molar-refractivity contribution in [2.24, 2.45) is 0 Å². The highest BCUT2D eigenvalue weighted by atomic mass is 35.5. The zero-order valence-corrected chi connectivity index (χ0v) is 18.7. The molecule has 4 rings (SSSR count). The summed E-state index contributed by atoms with van der Waals surface area (Å²) in [4.78, 5) is 21.3. The maximum Gasteiger partial charge on any atom is 0.226 e. The maximum atomic E-state index is 12.6. The van der Waals surface area contributed by atoms with Crippen LogP contribution in [0.4, 0.5) is 0 Å². The molecule has 32 heavy (non-hydrogen) atoms. The maximum absolute atomic E-state index is 12.6. The molecule has 0 atom stereocenters. The van der Waals surface area contributed by atoms with Crippen molar-refractivity contribution >= 4 is 23.6 Å². The van der Waals surface area contributed by atoms with Gasteiger partial charge in [-0.3, -0.25) is 9.69 Å². The lowest BCUT2D eigenvalue weighted by molar-refractivity contribution is -0.132. The molecule has 0 spiro atoms. The number of aromatic nitrogens is 2. The van der Waals surface area contributed by atoms with Gasteiger partial charge in [-0.2, -0.15) is 4.98 Å². The van der Waals surface area contributed by atoms with Crippen molar-refractivity contribution in [2.75, 3.05) is 32.7 Å². The smallest absolute Gasteiger partial charge is 0.226 e. The van der Waals surface area contributed by atoms with E-state index in [-0.39, 0.29) is 5.91 Å². The van der Waals surface area contributed by atoms with Gasteiger partial charge in [0, 0.05) is 56.2 Å². The van der Waals surface area contributed by atoms with E-state index in [2.05, 4.69) is 39.3 Å². The van der Waals surface area contributed by atoms with Crippen LogP contribution in [0.3, 0.4) is 0 Å². The predicted molar refractivity (Wildman–Crippen MR) is 126 cm³/mol. The minimum Gasteiger partial charge on any atom is -0.340 e. The Morgan fingerprint density at radius 1 is 1.03 bits per heavy atom. The average molecular weight is 451 g/mol. The molecule has 1 aliphatic rings. The van der Waals surface area contributed by atoms with Crippen molar-refractivity contribution in [1.82, 2.24) is 19.9 Å². The molecule has 7 heteroatoms. The summed E-state index contributed by atoms with van der Waals surface area (Å²) in [6.07, 6.45) is 6.12. The van der Waals surface area contributed by atoms with Gasteiger partial charge < -0.3 is 9.42 Å². The number of halogens is 1. The van der Waals surface area contributed by atoms with E-state index in [1.54, 1.807) is 12.1 Å². The number of piperazine rings is 1. The Bertz CT molecular complexity index is 1030. The summed E-state index contributed by atoms with van der Waals surface area (Å²) >= 11 is 5.91. The molecule has 0 aliphatic carbocycles. The number of carbonyl (C=O) groups is 1. The Morgan fingerprint density at radius 3 is 2.53 bits per heavy atom. The molecule has 1 fully saturated rings. The topological polar surface area (TPSA) is 62.5 Å². The van der Waals surface area contributed by atoms with E-state index in [4.69, 9.17) is 16.1 Å². The first-order valence-corrected chi connectivity index (χ1v) is 11.4. The van der Waals surface area contributed by atoms with E-state index in [9.17, 15) is 4.79 Å². The van der Waals surface area contributed by atoms with Crippen molar-refractivity contribution in [1.29, 1.82) is 0 Å². The fourth-order valence-corrected chi connectivity index (χ4v) is 3.83. The number of carbonyl (C=O) groups excluding carboxylic acids is 1. The Labute approximate surface area is 193 Å². The first kappa shape index (κ1) is 22.2. The van der Waals surface area contributed by atoms with Crippen LogP contribution in [0.15, 0.2) is 65.2 Å². The first-order valence-electron chi connectivity index (χ1n) is 11.0. The molecule has 1 saturated heterocycles. The third-order valence-electron chi connectivity index (χ3n) is 5.55. The number of hydrogen-bond donors (Lipinski definition) is 0. The molecule has 2 aromatic carbocycles. The van der Waals surface area contributed by atoms with E-state index >= 15 is 0 Å². The van der Waals surface area contributed by atoms with Gasteiger partial charge in [0.25, 0.3) is 0 Å². The van der Waals surface area contributed by atoms with Crippen LogP contribution < -0.4 is 0 Å². The van der Waals surface area contributed by atoms with Crippen molar-refractivity contribution in [3.8, 4) is 11.4 Å². The first-order chi connectivity index (χ1) is 15.7. The SMILES string of the molecule is O=C(CCCc1nc(-c2ccc(Cl)cc2)no1)N1CCN(C/C=C/c2ccccc2)CC1. The van der Waals surface area contributed by atoms with Crippen LogP contribution in [-0.2, 0) is 11.2 Å². The lowest BCUT2D eigenvalue weighted by atomic mass is 10.2. The Kier molecular flexibility index (Phi) is 7.69. The van der Waals surface area contributed by atoms with Crippen LogP contribution in [0.2, 0.25) is 5.02 Å². The van der Waals surface area contributed by atoms with Crippen LogP contribution in [0.5, 0.6) is 0 Å². The number of benzene rings is 2. The minimum atomic E-state index is 0.196. The van der Waals surface area contributed by atoms with Crippen LogP contribution in [0.25, 0.3) is 17.5 Å². The summed E-state index contributed by atoms with van der Waals surface area (Å²) in [5.41, 5.74) is 2.07. The molecule has 0 saturated carbocycles. The second-order valence-electron chi connectivity index (χ2n) is 7.87. The number of rotatable bonds is 8. The summed E-state index contributed by atoms with van der Waals surface area (Å²) < 4.78 is 5.33. The lowest BCUT2D eigenvalue weighted by Gasteiger charge is -2.34. The van der Waals surface area contributed by atoms with Gasteiger partial charge in [-0.25, -0.2) is 0 Å².